The lowest BCUT2D eigenvalue weighted by molar-refractivity contribution is -0.122. The van der Waals surface area contributed by atoms with Crippen LogP contribution in [-0.4, -0.2) is 16.5 Å². The molecular formula is C10H10Cl2O. The highest BCUT2D eigenvalue weighted by Crippen LogP contribution is 2.67. The zero-order valence-electron chi connectivity index (χ0n) is 7.04. The van der Waals surface area contributed by atoms with Gasteiger partial charge in [-0.25, -0.2) is 0 Å². The van der Waals surface area contributed by atoms with E-state index in [1.165, 1.54) is 12.8 Å². The van der Waals surface area contributed by atoms with Crippen molar-refractivity contribution in [1.29, 1.82) is 0 Å². The van der Waals surface area contributed by atoms with Gasteiger partial charge in [0.15, 0.2) is 5.78 Å². The number of halogens is 2. The van der Waals surface area contributed by atoms with Crippen LogP contribution in [0.4, 0.5) is 0 Å². The van der Waals surface area contributed by atoms with Crippen LogP contribution < -0.4 is 0 Å². The first-order chi connectivity index (χ1) is 6.17. The second-order valence-electron chi connectivity index (χ2n) is 4.38. The third-order valence-corrected chi connectivity index (χ3v) is 4.83. The Hall–Kier alpha value is -0.0100. The largest absolute Gasteiger partial charge is 0.296 e. The quantitative estimate of drug-likeness (QED) is 0.449. The van der Waals surface area contributed by atoms with E-state index in [4.69, 9.17) is 23.2 Å². The van der Waals surface area contributed by atoms with E-state index in [1.807, 2.05) is 0 Å². The summed E-state index contributed by atoms with van der Waals surface area (Å²) in [5, 5.41) is -0.750. The van der Waals surface area contributed by atoms with Crippen molar-refractivity contribution in [1.82, 2.24) is 0 Å². The van der Waals surface area contributed by atoms with E-state index in [2.05, 4.69) is 12.2 Å². The monoisotopic (exact) mass is 216 g/mol. The van der Waals surface area contributed by atoms with Gasteiger partial charge in [0.25, 0.3) is 0 Å². The predicted octanol–water partition coefficient (Wildman–Crippen LogP) is 2.37. The molecule has 0 aromatic rings. The van der Waals surface area contributed by atoms with Crippen LogP contribution in [0.3, 0.4) is 0 Å². The SMILES string of the molecule is O=C1[C@@H](Cl)[C@@H]2C=C[C@H]([C@H]1Cl)C21CC1. The average Bonchev–Trinajstić information content (AvgIpc) is 2.78. The van der Waals surface area contributed by atoms with Crippen molar-refractivity contribution in [2.75, 3.05) is 0 Å². The maximum Gasteiger partial charge on any atom is 0.169 e. The van der Waals surface area contributed by atoms with Crippen molar-refractivity contribution in [3.8, 4) is 0 Å². The van der Waals surface area contributed by atoms with Crippen molar-refractivity contribution in [3.63, 3.8) is 0 Å². The molecule has 0 radical (unpaired) electrons. The van der Waals surface area contributed by atoms with Gasteiger partial charge in [0, 0.05) is 11.8 Å². The van der Waals surface area contributed by atoms with Gasteiger partial charge in [-0.05, 0) is 18.3 Å². The van der Waals surface area contributed by atoms with Crippen molar-refractivity contribution >= 4 is 29.0 Å². The Labute approximate surface area is 87.1 Å². The lowest BCUT2D eigenvalue weighted by Crippen LogP contribution is -2.45. The molecular weight excluding hydrogens is 207 g/mol. The minimum absolute atomic E-state index is 0.0286. The Morgan fingerprint density at radius 2 is 1.62 bits per heavy atom. The zero-order chi connectivity index (χ0) is 9.22. The van der Waals surface area contributed by atoms with Gasteiger partial charge in [0.2, 0.25) is 0 Å². The topological polar surface area (TPSA) is 17.1 Å². The second-order valence-corrected chi connectivity index (χ2v) is 5.32. The number of alkyl halides is 2. The Morgan fingerprint density at radius 1 is 1.15 bits per heavy atom. The number of allylic oxidation sites excluding steroid dienone is 2. The summed E-state index contributed by atoms with van der Waals surface area (Å²) in [4.78, 5) is 11.6. The maximum atomic E-state index is 11.6. The standard InChI is InChI=1S/C10H10Cl2O/c11-7-5-1-2-6(8(12)9(7)13)10(5)3-4-10/h1-2,5-8H,3-4H2/t5-,6+,7-,8+. The van der Waals surface area contributed by atoms with Crippen LogP contribution in [0, 0.1) is 17.3 Å². The van der Waals surface area contributed by atoms with E-state index in [1.54, 1.807) is 0 Å². The van der Waals surface area contributed by atoms with Crippen LogP contribution >= 0.6 is 23.2 Å². The van der Waals surface area contributed by atoms with Crippen LogP contribution in [0.15, 0.2) is 12.2 Å². The first-order valence-electron chi connectivity index (χ1n) is 4.67. The summed E-state index contributed by atoms with van der Waals surface area (Å²) in [6.07, 6.45) is 6.59. The number of carbonyl (C=O) groups excluding carboxylic acids is 1. The normalized spacial score (nSPS) is 50.2. The van der Waals surface area contributed by atoms with Crippen molar-refractivity contribution in [3.05, 3.63) is 12.2 Å². The smallest absolute Gasteiger partial charge is 0.169 e. The van der Waals surface area contributed by atoms with Crippen LogP contribution in [0.25, 0.3) is 0 Å². The van der Waals surface area contributed by atoms with E-state index < -0.39 is 0 Å². The molecule has 0 aliphatic heterocycles. The lowest BCUT2D eigenvalue weighted by atomic mass is 9.73. The first kappa shape index (κ1) is 8.31. The van der Waals surface area contributed by atoms with E-state index in [0.29, 0.717) is 0 Å². The third kappa shape index (κ3) is 0.829. The molecule has 3 rings (SSSR count). The molecule has 0 saturated heterocycles. The van der Waals surface area contributed by atoms with Crippen LogP contribution in [0.5, 0.6) is 0 Å². The van der Waals surface area contributed by atoms with Crippen molar-refractivity contribution in [2.24, 2.45) is 17.3 Å². The van der Waals surface area contributed by atoms with Crippen LogP contribution in [0.1, 0.15) is 12.8 Å². The lowest BCUT2D eigenvalue weighted by Gasteiger charge is -2.36. The highest BCUT2D eigenvalue weighted by Gasteiger charge is 2.64. The summed E-state index contributed by atoms with van der Waals surface area (Å²) in [5.74, 6) is 0.559. The number of carbonyl (C=O) groups is 1. The third-order valence-electron chi connectivity index (χ3n) is 3.86. The molecule has 1 nitrogen and oxygen atoms in total. The highest BCUT2D eigenvalue weighted by atomic mass is 35.5. The van der Waals surface area contributed by atoms with Gasteiger partial charge in [0.05, 0.1) is 0 Å². The summed E-state index contributed by atoms with van der Waals surface area (Å²) >= 11 is 12.2. The van der Waals surface area contributed by atoms with Crippen LogP contribution in [0.2, 0.25) is 0 Å². The molecule has 0 aromatic carbocycles. The van der Waals surface area contributed by atoms with Crippen LogP contribution in [-0.2, 0) is 4.79 Å². The average molecular weight is 217 g/mol. The molecule has 2 bridgehead atoms. The van der Waals surface area contributed by atoms with Gasteiger partial charge >= 0.3 is 0 Å². The maximum absolute atomic E-state index is 11.6. The Kier molecular flexibility index (Phi) is 1.48. The van der Waals surface area contributed by atoms with E-state index >= 15 is 0 Å². The minimum Gasteiger partial charge on any atom is -0.296 e. The first-order valence-corrected chi connectivity index (χ1v) is 5.54. The molecule has 0 N–H and O–H groups in total. The Balaban J connectivity index is 2.06. The molecule has 70 valence electrons. The van der Waals surface area contributed by atoms with E-state index in [0.717, 1.165) is 0 Å². The molecule has 0 unspecified atom stereocenters. The second kappa shape index (κ2) is 2.32. The van der Waals surface area contributed by atoms with Gasteiger partial charge in [-0.3, -0.25) is 4.79 Å². The van der Waals surface area contributed by atoms with E-state index in [9.17, 15) is 4.79 Å². The molecule has 2 saturated carbocycles. The van der Waals surface area contributed by atoms with Gasteiger partial charge < -0.3 is 0 Å². The van der Waals surface area contributed by atoms with Crippen molar-refractivity contribution < 1.29 is 4.79 Å². The molecule has 1 spiro atoms. The van der Waals surface area contributed by atoms with E-state index in [-0.39, 0.29) is 33.8 Å². The molecule has 0 amide bonds. The van der Waals surface area contributed by atoms with Crippen molar-refractivity contribution in [2.45, 2.75) is 23.6 Å². The fraction of sp³-hybridized carbons (Fsp3) is 0.700. The molecule has 0 aromatic heterocycles. The molecule has 3 aliphatic rings. The number of rotatable bonds is 0. The summed E-state index contributed by atoms with van der Waals surface area (Å²) in [5.41, 5.74) is 0.284. The molecule has 2 fully saturated rings. The molecule has 13 heavy (non-hydrogen) atoms. The Bertz CT molecular complexity index is 282. The summed E-state index contributed by atoms with van der Waals surface area (Å²) in [6.45, 7) is 0. The summed E-state index contributed by atoms with van der Waals surface area (Å²) < 4.78 is 0. The predicted molar refractivity (Wildman–Crippen MR) is 52.1 cm³/mol. The summed E-state index contributed by atoms with van der Waals surface area (Å²) in [6, 6.07) is 0. The number of ketones is 1. The molecule has 3 aliphatic carbocycles. The molecule has 4 atom stereocenters. The highest BCUT2D eigenvalue weighted by molar-refractivity contribution is 6.41. The number of hydrogen-bond acceptors (Lipinski definition) is 1. The minimum atomic E-state index is -0.375. The van der Waals surface area contributed by atoms with Gasteiger partial charge in [0.1, 0.15) is 10.8 Å². The van der Waals surface area contributed by atoms with Gasteiger partial charge in [-0.15, -0.1) is 23.2 Å². The number of Topliss-reactive ketones (excluding diaryl/α,β-unsaturated/α-hetero) is 1. The summed E-state index contributed by atoms with van der Waals surface area (Å²) in [7, 11) is 0. The van der Waals surface area contributed by atoms with Gasteiger partial charge in [-0.2, -0.15) is 0 Å². The Morgan fingerprint density at radius 3 is 2.00 bits per heavy atom. The molecule has 0 heterocycles. The number of hydrogen-bond donors (Lipinski definition) is 0. The fourth-order valence-corrected chi connectivity index (χ4v) is 3.95. The van der Waals surface area contributed by atoms with Gasteiger partial charge in [-0.1, -0.05) is 12.2 Å². The molecule has 3 heteroatoms. The zero-order valence-corrected chi connectivity index (χ0v) is 8.55. The fourth-order valence-electron chi connectivity index (χ4n) is 2.94.